The first kappa shape index (κ1) is 15.2. The van der Waals surface area contributed by atoms with Crippen LogP contribution in [-0.4, -0.2) is 36.3 Å². The van der Waals surface area contributed by atoms with Crippen molar-refractivity contribution in [3.8, 4) is 0 Å². The van der Waals surface area contributed by atoms with E-state index >= 15 is 0 Å². The lowest BCUT2D eigenvalue weighted by Crippen LogP contribution is -2.44. The molecule has 0 saturated heterocycles. The Morgan fingerprint density at radius 3 is 2.37 bits per heavy atom. The zero-order valence-electron chi connectivity index (χ0n) is 11.2. The van der Waals surface area contributed by atoms with Crippen molar-refractivity contribution >= 4 is 11.8 Å². The zero-order chi connectivity index (χ0) is 14.3. The van der Waals surface area contributed by atoms with E-state index < -0.39 is 5.91 Å². The normalized spacial score (nSPS) is 11.9. The SMILES string of the molecule is CCN(CC(N)=O)C(=O)C(CN)Cc1ccccc1. The monoisotopic (exact) mass is 263 g/mol. The minimum absolute atomic E-state index is 0.0549. The molecule has 0 aliphatic rings. The van der Waals surface area contributed by atoms with Crippen LogP contribution in [0.5, 0.6) is 0 Å². The summed E-state index contributed by atoms with van der Waals surface area (Å²) in [6.07, 6.45) is 0.575. The molecule has 0 fully saturated rings. The van der Waals surface area contributed by atoms with E-state index in [2.05, 4.69) is 0 Å². The molecule has 104 valence electrons. The molecule has 5 heteroatoms. The summed E-state index contributed by atoms with van der Waals surface area (Å²) in [4.78, 5) is 24.7. The van der Waals surface area contributed by atoms with E-state index in [1.165, 1.54) is 4.90 Å². The first-order valence-corrected chi connectivity index (χ1v) is 6.39. The molecule has 19 heavy (non-hydrogen) atoms. The molecule has 0 heterocycles. The van der Waals surface area contributed by atoms with E-state index in [1.54, 1.807) is 0 Å². The second-order valence-electron chi connectivity index (χ2n) is 4.44. The predicted octanol–water partition coefficient (Wildman–Crippen LogP) is 0.138. The minimum Gasteiger partial charge on any atom is -0.368 e. The number of nitrogens with zero attached hydrogens (tertiary/aromatic N) is 1. The molecule has 0 aliphatic carbocycles. The van der Waals surface area contributed by atoms with Crippen molar-refractivity contribution in [1.82, 2.24) is 4.90 Å². The van der Waals surface area contributed by atoms with Crippen molar-refractivity contribution in [2.45, 2.75) is 13.3 Å². The third-order valence-corrected chi connectivity index (χ3v) is 3.00. The first-order chi connectivity index (χ1) is 9.08. The van der Waals surface area contributed by atoms with Gasteiger partial charge in [0, 0.05) is 13.1 Å². The van der Waals surface area contributed by atoms with Gasteiger partial charge >= 0.3 is 0 Å². The molecule has 1 aromatic rings. The smallest absolute Gasteiger partial charge is 0.237 e. The number of hydrogen-bond acceptors (Lipinski definition) is 3. The van der Waals surface area contributed by atoms with Crippen LogP contribution in [0, 0.1) is 5.92 Å². The number of rotatable bonds is 7. The molecule has 0 radical (unpaired) electrons. The number of nitrogens with two attached hydrogens (primary N) is 2. The maximum absolute atomic E-state index is 12.3. The Morgan fingerprint density at radius 1 is 1.26 bits per heavy atom. The van der Waals surface area contributed by atoms with Crippen LogP contribution >= 0.6 is 0 Å². The number of hydrogen-bond donors (Lipinski definition) is 2. The third-order valence-electron chi connectivity index (χ3n) is 3.00. The van der Waals surface area contributed by atoms with Crippen LogP contribution in [0.1, 0.15) is 12.5 Å². The summed E-state index contributed by atoms with van der Waals surface area (Å²) in [5.41, 5.74) is 11.9. The van der Waals surface area contributed by atoms with E-state index in [0.717, 1.165) is 5.56 Å². The third kappa shape index (κ3) is 4.71. The van der Waals surface area contributed by atoms with Gasteiger partial charge in [-0.15, -0.1) is 0 Å². The fourth-order valence-electron chi connectivity index (χ4n) is 1.96. The Balaban J connectivity index is 2.72. The van der Waals surface area contributed by atoms with Crippen molar-refractivity contribution < 1.29 is 9.59 Å². The largest absolute Gasteiger partial charge is 0.368 e. The van der Waals surface area contributed by atoms with Crippen LogP contribution in [0.4, 0.5) is 0 Å². The number of benzene rings is 1. The summed E-state index contributed by atoms with van der Waals surface area (Å²) < 4.78 is 0. The van der Waals surface area contributed by atoms with Crippen LogP contribution in [0.2, 0.25) is 0 Å². The lowest BCUT2D eigenvalue weighted by atomic mass is 9.98. The van der Waals surface area contributed by atoms with Gasteiger partial charge in [0.2, 0.25) is 11.8 Å². The van der Waals surface area contributed by atoms with Crippen molar-refractivity contribution in [3.63, 3.8) is 0 Å². The van der Waals surface area contributed by atoms with E-state index in [4.69, 9.17) is 11.5 Å². The second-order valence-corrected chi connectivity index (χ2v) is 4.44. The Hall–Kier alpha value is -1.88. The van der Waals surface area contributed by atoms with Gasteiger partial charge in [-0.25, -0.2) is 0 Å². The predicted molar refractivity (Wildman–Crippen MR) is 74.1 cm³/mol. The standard InChI is InChI=1S/C14H21N3O2/c1-2-17(10-13(16)18)14(19)12(9-15)8-11-6-4-3-5-7-11/h3-7,12H,2,8-10,15H2,1H3,(H2,16,18). The van der Waals surface area contributed by atoms with E-state index in [9.17, 15) is 9.59 Å². The zero-order valence-corrected chi connectivity index (χ0v) is 11.2. The molecule has 4 N–H and O–H groups in total. The summed E-state index contributed by atoms with van der Waals surface area (Å²) in [7, 11) is 0. The molecule has 1 rings (SSSR count). The molecule has 0 spiro atoms. The summed E-state index contributed by atoms with van der Waals surface area (Å²) >= 11 is 0. The highest BCUT2D eigenvalue weighted by Gasteiger charge is 2.23. The number of amides is 2. The molecular weight excluding hydrogens is 242 g/mol. The van der Waals surface area contributed by atoms with Crippen LogP contribution < -0.4 is 11.5 Å². The highest BCUT2D eigenvalue weighted by molar-refractivity contribution is 5.85. The second kappa shape index (κ2) is 7.53. The van der Waals surface area contributed by atoms with Gasteiger partial charge in [0.1, 0.15) is 0 Å². The average Bonchev–Trinajstić information content (AvgIpc) is 2.42. The van der Waals surface area contributed by atoms with Crippen molar-refractivity contribution in [3.05, 3.63) is 35.9 Å². The molecule has 1 atom stereocenters. The van der Waals surface area contributed by atoms with Crippen LogP contribution in [0.15, 0.2) is 30.3 Å². The highest BCUT2D eigenvalue weighted by atomic mass is 16.2. The van der Waals surface area contributed by atoms with E-state index in [1.807, 2.05) is 37.3 Å². The molecule has 2 amide bonds. The summed E-state index contributed by atoms with van der Waals surface area (Å²) in [6.45, 7) is 2.47. The van der Waals surface area contributed by atoms with Gasteiger partial charge in [-0.2, -0.15) is 0 Å². The van der Waals surface area contributed by atoms with E-state index in [0.29, 0.717) is 13.0 Å². The van der Waals surface area contributed by atoms with Crippen molar-refractivity contribution in [1.29, 1.82) is 0 Å². The van der Waals surface area contributed by atoms with Crippen molar-refractivity contribution in [2.24, 2.45) is 17.4 Å². The molecule has 0 aliphatic heterocycles. The molecule has 0 saturated carbocycles. The van der Waals surface area contributed by atoms with Gasteiger partial charge in [0.05, 0.1) is 12.5 Å². The highest BCUT2D eigenvalue weighted by Crippen LogP contribution is 2.11. The Kier molecular flexibility index (Phi) is 6.02. The number of likely N-dealkylation sites (N-methyl/N-ethyl adjacent to an activating group) is 1. The Bertz CT molecular complexity index is 420. The molecule has 0 bridgehead atoms. The lowest BCUT2D eigenvalue weighted by molar-refractivity contribution is -0.138. The van der Waals surface area contributed by atoms with Gasteiger partial charge in [0.15, 0.2) is 0 Å². The molecule has 1 unspecified atom stereocenters. The summed E-state index contributed by atoms with van der Waals surface area (Å²) in [5, 5.41) is 0. The number of carbonyl (C=O) groups is 2. The lowest BCUT2D eigenvalue weighted by Gasteiger charge is -2.24. The van der Waals surface area contributed by atoms with Crippen LogP contribution in [0.25, 0.3) is 0 Å². The van der Waals surface area contributed by atoms with Gasteiger partial charge in [0.25, 0.3) is 0 Å². The maximum Gasteiger partial charge on any atom is 0.237 e. The fourth-order valence-corrected chi connectivity index (χ4v) is 1.96. The Morgan fingerprint density at radius 2 is 1.89 bits per heavy atom. The molecule has 5 nitrogen and oxygen atoms in total. The fraction of sp³-hybridized carbons (Fsp3) is 0.429. The topological polar surface area (TPSA) is 89.4 Å². The molecule has 1 aromatic carbocycles. The molecular formula is C14H21N3O2. The van der Waals surface area contributed by atoms with Crippen LogP contribution in [-0.2, 0) is 16.0 Å². The van der Waals surface area contributed by atoms with Crippen molar-refractivity contribution in [2.75, 3.05) is 19.6 Å². The van der Waals surface area contributed by atoms with Gasteiger partial charge < -0.3 is 16.4 Å². The minimum atomic E-state index is -0.509. The maximum atomic E-state index is 12.3. The van der Waals surface area contributed by atoms with E-state index in [-0.39, 0.29) is 24.9 Å². The van der Waals surface area contributed by atoms with Crippen LogP contribution in [0.3, 0.4) is 0 Å². The number of primary amides is 1. The first-order valence-electron chi connectivity index (χ1n) is 6.39. The van der Waals surface area contributed by atoms with Gasteiger partial charge in [-0.1, -0.05) is 30.3 Å². The van der Waals surface area contributed by atoms with Gasteiger partial charge in [-0.3, -0.25) is 9.59 Å². The molecule has 0 aromatic heterocycles. The quantitative estimate of drug-likeness (QED) is 0.733. The summed E-state index contributed by atoms with van der Waals surface area (Å²) in [6, 6.07) is 9.69. The number of carbonyl (C=O) groups excluding carboxylic acids is 2. The Labute approximate surface area is 113 Å². The average molecular weight is 263 g/mol. The van der Waals surface area contributed by atoms with Gasteiger partial charge in [-0.05, 0) is 18.9 Å². The summed E-state index contributed by atoms with van der Waals surface area (Å²) in [5.74, 6) is -0.944.